The van der Waals surface area contributed by atoms with E-state index in [0.29, 0.717) is 30.2 Å². The number of amides is 1. The average Bonchev–Trinajstić information content (AvgIpc) is 2.53. The van der Waals surface area contributed by atoms with Crippen molar-refractivity contribution < 1.29 is 19.0 Å². The molecule has 21 heavy (non-hydrogen) atoms. The Morgan fingerprint density at radius 1 is 1.14 bits per heavy atom. The van der Waals surface area contributed by atoms with Crippen LogP contribution in [0.4, 0.5) is 0 Å². The highest BCUT2D eigenvalue weighted by atomic mass is 16.5. The number of benzene rings is 1. The molecular weight excluding hydrogens is 270 g/mol. The van der Waals surface area contributed by atoms with Gasteiger partial charge in [-0.1, -0.05) is 13.8 Å². The Hall–Kier alpha value is -1.91. The van der Waals surface area contributed by atoms with Gasteiger partial charge in [-0.25, -0.2) is 0 Å². The largest absolute Gasteiger partial charge is 0.496 e. The Morgan fingerprint density at radius 2 is 1.71 bits per heavy atom. The zero-order valence-electron chi connectivity index (χ0n) is 13.5. The summed E-state index contributed by atoms with van der Waals surface area (Å²) in [6, 6.07) is 3.63. The SMILES string of the molecule is CC[C@@H](C)C(=O)NCCc1c(OC)cc(OC)cc1OC. The van der Waals surface area contributed by atoms with E-state index in [9.17, 15) is 4.79 Å². The number of methoxy groups -OCH3 is 3. The summed E-state index contributed by atoms with van der Waals surface area (Å²) >= 11 is 0. The smallest absolute Gasteiger partial charge is 0.222 e. The highest BCUT2D eigenvalue weighted by Gasteiger charge is 2.14. The van der Waals surface area contributed by atoms with E-state index in [4.69, 9.17) is 14.2 Å². The lowest BCUT2D eigenvalue weighted by molar-refractivity contribution is -0.124. The number of carbonyl (C=O) groups is 1. The van der Waals surface area contributed by atoms with Gasteiger partial charge in [0.2, 0.25) is 5.91 Å². The molecule has 0 heterocycles. The average molecular weight is 295 g/mol. The number of carbonyl (C=O) groups excluding carboxylic acids is 1. The van der Waals surface area contributed by atoms with Crippen LogP contribution in [0.15, 0.2) is 12.1 Å². The van der Waals surface area contributed by atoms with Crippen LogP contribution in [0.1, 0.15) is 25.8 Å². The van der Waals surface area contributed by atoms with Gasteiger partial charge in [-0.3, -0.25) is 4.79 Å². The fourth-order valence-electron chi connectivity index (χ4n) is 1.99. The van der Waals surface area contributed by atoms with Crippen molar-refractivity contribution in [2.45, 2.75) is 26.7 Å². The Morgan fingerprint density at radius 3 is 2.14 bits per heavy atom. The molecule has 0 aromatic heterocycles. The van der Waals surface area contributed by atoms with Crippen LogP contribution in [0.5, 0.6) is 17.2 Å². The van der Waals surface area contributed by atoms with Gasteiger partial charge in [0.1, 0.15) is 17.2 Å². The molecule has 0 fully saturated rings. The molecule has 5 heteroatoms. The van der Waals surface area contributed by atoms with E-state index in [1.54, 1.807) is 21.3 Å². The predicted molar refractivity (Wildman–Crippen MR) is 82.3 cm³/mol. The van der Waals surface area contributed by atoms with Gasteiger partial charge in [0.25, 0.3) is 0 Å². The molecule has 5 nitrogen and oxygen atoms in total. The van der Waals surface area contributed by atoms with Crippen LogP contribution in [0.3, 0.4) is 0 Å². The highest BCUT2D eigenvalue weighted by Crippen LogP contribution is 2.34. The molecule has 0 aliphatic rings. The summed E-state index contributed by atoms with van der Waals surface area (Å²) in [5, 5.41) is 2.93. The van der Waals surface area contributed by atoms with Gasteiger partial charge in [-0.2, -0.15) is 0 Å². The quantitative estimate of drug-likeness (QED) is 0.800. The molecule has 0 spiro atoms. The van der Waals surface area contributed by atoms with Crippen molar-refractivity contribution in [3.63, 3.8) is 0 Å². The fraction of sp³-hybridized carbons (Fsp3) is 0.562. The molecule has 0 radical (unpaired) electrons. The maximum absolute atomic E-state index is 11.8. The van der Waals surface area contributed by atoms with E-state index in [1.807, 2.05) is 26.0 Å². The van der Waals surface area contributed by atoms with Gasteiger partial charge in [0, 0.05) is 30.2 Å². The molecule has 1 aromatic rings. The summed E-state index contributed by atoms with van der Waals surface area (Å²) in [4.78, 5) is 11.8. The fourth-order valence-corrected chi connectivity index (χ4v) is 1.99. The molecule has 118 valence electrons. The Balaban J connectivity index is 2.80. The predicted octanol–water partition coefficient (Wildman–Crippen LogP) is 2.42. The summed E-state index contributed by atoms with van der Waals surface area (Å²) in [5.41, 5.74) is 0.922. The van der Waals surface area contributed by atoms with Crippen molar-refractivity contribution in [2.75, 3.05) is 27.9 Å². The van der Waals surface area contributed by atoms with Crippen molar-refractivity contribution in [3.8, 4) is 17.2 Å². The van der Waals surface area contributed by atoms with Crippen molar-refractivity contribution in [1.82, 2.24) is 5.32 Å². The third-order valence-corrected chi connectivity index (χ3v) is 3.55. The monoisotopic (exact) mass is 295 g/mol. The van der Waals surface area contributed by atoms with Crippen LogP contribution in [0.25, 0.3) is 0 Å². The summed E-state index contributed by atoms with van der Waals surface area (Å²) in [6.45, 7) is 4.46. The van der Waals surface area contributed by atoms with Crippen LogP contribution in [-0.2, 0) is 11.2 Å². The minimum atomic E-state index is 0.0321. The number of rotatable bonds is 8. The second-order valence-corrected chi connectivity index (χ2v) is 4.86. The van der Waals surface area contributed by atoms with Crippen molar-refractivity contribution in [2.24, 2.45) is 5.92 Å². The van der Waals surface area contributed by atoms with Crippen LogP contribution >= 0.6 is 0 Å². The minimum absolute atomic E-state index is 0.0321. The van der Waals surface area contributed by atoms with E-state index >= 15 is 0 Å². The standard InChI is InChI=1S/C16H25NO4/c1-6-11(2)16(18)17-8-7-13-14(20-4)9-12(19-3)10-15(13)21-5/h9-11H,6-8H2,1-5H3,(H,17,18)/t11-/m1/s1. The van der Waals surface area contributed by atoms with E-state index in [2.05, 4.69) is 5.32 Å². The van der Waals surface area contributed by atoms with Crippen molar-refractivity contribution in [1.29, 1.82) is 0 Å². The lowest BCUT2D eigenvalue weighted by atomic mass is 10.1. The molecule has 0 aliphatic heterocycles. The van der Waals surface area contributed by atoms with Crippen LogP contribution < -0.4 is 19.5 Å². The highest BCUT2D eigenvalue weighted by molar-refractivity contribution is 5.78. The molecule has 1 atom stereocenters. The van der Waals surface area contributed by atoms with Gasteiger partial charge < -0.3 is 19.5 Å². The van der Waals surface area contributed by atoms with Gasteiger partial charge >= 0.3 is 0 Å². The number of ether oxygens (including phenoxy) is 3. The first kappa shape index (κ1) is 17.1. The topological polar surface area (TPSA) is 56.8 Å². The summed E-state index contributed by atoms with van der Waals surface area (Å²) in [7, 11) is 4.81. The zero-order valence-corrected chi connectivity index (χ0v) is 13.5. The first-order chi connectivity index (χ1) is 10.1. The molecule has 0 saturated carbocycles. The molecule has 0 aliphatic carbocycles. The summed E-state index contributed by atoms with van der Waals surface area (Å²) in [5.74, 6) is 2.18. The van der Waals surface area contributed by atoms with Crippen LogP contribution in [-0.4, -0.2) is 33.8 Å². The molecule has 1 amide bonds. The maximum atomic E-state index is 11.8. The maximum Gasteiger partial charge on any atom is 0.222 e. The molecule has 1 rings (SSSR count). The van der Waals surface area contributed by atoms with Crippen LogP contribution in [0, 0.1) is 5.92 Å². The van der Waals surface area contributed by atoms with E-state index in [0.717, 1.165) is 12.0 Å². The molecule has 0 saturated heterocycles. The Bertz CT molecular complexity index is 448. The van der Waals surface area contributed by atoms with Gasteiger partial charge in [0.15, 0.2) is 0 Å². The van der Waals surface area contributed by atoms with E-state index in [-0.39, 0.29) is 11.8 Å². The van der Waals surface area contributed by atoms with Crippen molar-refractivity contribution >= 4 is 5.91 Å². The molecule has 1 aromatic carbocycles. The zero-order chi connectivity index (χ0) is 15.8. The molecular formula is C16H25NO4. The van der Waals surface area contributed by atoms with Gasteiger partial charge in [-0.15, -0.1) is 0 Å². The first-order valence-electron chi connectivity index (χ1n) is 7.13. The van der Waals surface area contributed by atoms with E-state index < -0.39 is 0 Å². The van der Waals surface area contributed by atoms with E-state index in [1.165, 1.54) is 0 Å². The molecule has 0 unspecified atom stereocenters. The number of hydrogen-bond acceptors (Lipinski definition) is 4. The summed E-state index contributed by atoms with van der Waals surface area (Å²) < 4.78 is 16.0. The number of hydrogen-bond donors (Lipinski definition) is 1. The van der Waals surface area contributed by atoms with Gasteiger partial charge in [-0.05, 0) is 12.8 Å². The summed E-state index contributed by atoms with van der Waals surface area (Å²) in [6.07, 6.45) is 1.47. The number of nitrogens with one attached hydrogen (secondary N) is 1. The Labute approximate surface area is 126 Å². The molecule has 0 bridgehead atoms. The normalized spacial score (nSPS) is 11.7. The molecule has 1 N–H and O–H groups in total. The third-order valence-electron chi connectivity index (χ3n) is 3.55. The third kappa shape index (κ3) is 4.55. The van der Waals surface area contributed by atoms with Gasteiger partial charge in [0.05, 0.1) is 21.3 Å². The second kappa shape index (κ2) is 8.39. The lowest BCUT2D eigenvalue weighted by Gasteiger charge is -2.16. The van der Waals surface area contributed by atoms with Crippen molar-refractivity contribution in [3.05, 3.63) is 17.7 Å². The second-order valence-electron chi connectivity index (χ2n) is 4.86. The first-order valence-corrected chi connectivity index (χ1v) is 7.13. The minimum Gasteiger partial charge on any atom is -0.496 e. The lowest BCUT2D eigenvalue weighted by Crippen LogP contribution is -2.30. The Kier molecular flexibility index (Phi) is 6.85. The van der Waals surface area contributed by atoms with Crippen LogP contribution in [0.2, 0.25) is 0 Å².